The number of carbonyl (C=O) groups is 1. The van der Waals surface area contributed by atoms with Crippen LogP contribution in [0.5, 0.6) is 0 Å². The van der Waals surface area contributed by atoms with Crippen LogP contribution in [-0.2, 0) is 4.79 Å². The van der Waals surface area contributed by atoms with Crippen LogP contribution in [0.4, 0.5) is 11.6 Å². The van der Waals surface area contributed by atoms with Crippen molar-refractivity contribution in [3.05, 3.63) is 12.1 Å². The number of nitrogens with two attached hydrogens (primary N) is 1. The monoisotopic (exact) mass is 233 g/mol. The number of rotatable bonds is 1. The highest BCUT2D eigenvalue weighted by atomic mass is 16.2. The number of hydrogen-bond donors (Lipinski definition) is 1. The van der Waals surface area contributed by atoms with Crippen molar-refractivity contribution < 1.29 is 4.79 Å². The van der Waals surface area contributed by atoms with Crippen LogP contribution >= 0.6 is 0 Å². The van der Waals surface area contributed by atoms with Gasteiger partial charge in [0, 0.05) is 32.1 Å². The van der Waals surface area contributed by atoms with E-state index in [1.165, 1.54) is 0 Å². The van der Waals surface area contributed by atoms with Gasteiger partial charge in [-0.15, -0.1) is 10.2 Å². The molecule has 3 heterocycles. The number of hydrogen-bond acceptors (Lipinski definition) is 5. The van der Waals surface area contributed by atoms with Gasteiger partial charge in [-0.05, 0) is 18.6 Å². The molecule has 90 valence electrons. The number of nitrogens with zero attached hydrogens (tertiary/aromatic N) is 4. The zero-order valence-electron chi connectivity index (χ0n) is 9.54. The van der Waals surface area contributed by atoms with Crippen LogP contribution in [0.2, 0.25) is 0 Å². The predicted molar refractivity (Wildman–Crippen MR) is 63.4 cm³/mol. The third-order valence-electron chi connectivity index (χ3n) is 3.49. The maximum Gasteiger partial charge on any atom is 0.223 e. The molecule has 1 aromatic heterocycles. The number of carbonyl (C=O) groups excluding carboxylic acids is 1. The summed E-state index contributed by atoms with van der Waals surface area (Å²) in [5, 5.41) is 7.94. The zero-order chi connectivity index (χ0) is 11.8. The molecule has 3 rings (SSSR count). The summed E-state index contributed by atoms with van der Waals surface area (Å²) in [6, 6.07) is 3.99. The first kappa shape index (κ1) is 10.3. The summed E-state index contributed by atoms with van der Waals surface area (Å²) in [5.74, 6) is 1.57. The molecule has 2 saturated heterocycles. The van der Waals surface area contributed by atoms with Crippen LogP contribution in [0.1, 0.15) is 12.8 Å². The molecule has 2 fully saturated rings. The minimum atomic E-state index is 0.290. The summed E-state index contributed by atoms with van der Waals surface area (Å²) in [7, 11) is 0. The van der Waals surface area contributed by atoms with E-state index < -0.39 is 0 Å². The summed E-state index contributed by atoms with van der Waals surface area (Å²) >= 11 is 0. The van der Waals surface area contributed by atoms with Gasteiger partial charge >= 0.3 is 0 Å². The Morgan fingerprint density at radius 1 is 1.29 bits per heavy atom. The molecule has 0 spiro atoms. The molecule has 2 N–H and O–H groups in total. The highest BCUT2D eigenvalue weighted by Gasteiger charge is 2.35. The molecule has 1 atom stereocenters. The third kappa shape index (κ3) is 1.79. The third-order valence-corrected chi connectivity index (χ3v) is 3.49. The van der Waals surface area contributed by atoms with Gasteiger partial charge in [0.2, 0.25) is 5.91 Å². The lowest BCUT2D eigenvalue weighted by Gasteiger charge is -2.37. The highest BCUT2D eigenvalue weighted by molar-refractivity contribution is 5.79. The molecule has 2 aliphatic heterocycles. The van der Waals surface area contributed by atoms with Crippen molar-refractivity contribution in [2.45, 2.75) is 18.9 Å². The van der Waals surface area contributed by atoms with E-state index in [4.69, 9.17) is 5.73 Å². The normalized spacial score (nSPS) is 24.0. The largest absolute Gasteiger partial charge is 0.382 e. The summed E-state index contributed by atoms with van der Waals surface area (Å²) < 4.78 is 0. The maximum absolute atomic E-state index is 11.6. The summed E-state index contributed by atoms with van der Waals surface area (Å²) in [6.45, 7) is 2.46. The van der Waals surface area contributed by atoms with Gasteiger partial charge < -0.3 is 15.5 Å². The van der Waals surface area contributed by atoms with Crippen molar-refractivity contribution >= 4 is 17.5 Å². The first-order valence-electron chi connectivity index (χ1n) is 5.87. The number of nitrogen functional groups attached to an aromatic ring is 1. The first-order valence-corrected chi connectivity index (χ1v) is 5.87. The van der Waals surface area contributed by atoms with Crippen LogP contribution in [0.25, 0.3) is 0 Å². The summed E-state index contributed by atoms with van der Waals surface area (Å²) in [6.07, 6.45) is 1.64. The SMILES string of the molecule is Nc1ccc(N2CCN3C(=O)CCC3C2)nn1. The molecule has 1 aromatic rings. The van der Waals surface area contributed by atoms with E-state index in [9.17, 15) is 4.79 Å². The summed E-state index contributed by atoms with van der Waals surface area (Å²) in [4.78, 5) is 15.7. The van der Waals surface area contributed by atoms with Crippen LogP contribution in [0, 0.1) is 0 Å². The van der Waals surface area contributed by atoms with E-state index in [1.54, 1.807) is 6.07 Å². The van der Waals surface area contributed by atoms with E-state index in [0.717, 1.165) is 31.9 Å². The Balaban J connectivity index is 1.75. The Morgan fingerprint density at radius 3 is 2.94 bits per heavy atom. The van der Waals surface area contributed by atoms with Crippen molar-refractivity contribution in [1.82, 2.24) is 15.1 Å². The van der Waals surface area contributed by atoms with E-state index in [1.807, 2.05) is 11.0 Å². The Morgan fingerprint density at radius 2 is 2.18 bits per heavy atom. The predicted octanol–water partition coefficient (Wildman–Crippen LogP) is -0.130. The molecule has 0 aromatic carbocycles. The molecule has 1 amide bonds. The quantitative estimate of drug-likeness (QED) is 0.731. The Hall–Kier alpha value is -1.85. The average Bonchev–Trinajstić information content (AvgIpc) is 2.72. The number of piperazine rings is 1. The molecule has 6 heteroatoms. The lowest BCUT2D eigenvalue weighted by molar-refractivity contribution is -0.129. The van der Waals surface area contributed by atoms with Gasteiger partial charge in [-0.2, -0.15) is 0 Å². The number of anilines is 2. The Bertz CT molecular complexity index is 432. The molecule has 6 nitrogen and oxygen atoms in total. The van der Waals surface area contributed by atoms with Crippen LogP contribution in [0.3, 0.4) is 0 Å². The lowest BCUT2D eigenvalue weighted by Crippen LogP contribution is -2.51. The van der Waals surface area contributed by atoms with E-state index >= 15 is 0 Å². The molecular weight excluding hydrogens is 218 g/mol. The standard InChI is InChI=1S/C11H15N5O/c12-9-2-3-10(14-13-9)15-5-6-16-8(7-15)1-4-11(16)17/h2-3,8H,1,4-7H2,(H2,12,13). The minimum absolute atomic E-state index is 0.290. The van der Waals surface area contributed by atoms with Crippen molar-refractivity contribution in [1.29, 1.82) is 0 Å². The highest BCUT2D eigenvalue weighted by Crippen LogP contribution is 2.25. The van der Waals surface area contributed by atoms with Crippen LogP contribution in [0.15, 0.2) is 12.1 Å². The van der Waals surface area contributed by atoms with Crippen molar-refractivity contribution in [3.63, 3.8) is 0 Å². The first-order chi connectivity index (χ1) is 8.24. The van der Waals surface area contributed by atoms with Crippen molar-refractivity contribution in [2.24, 2.45) is 0 Å². The second-order valence-corrected chi connectivity index (χ2v) is 4.54. The van der Waals surface area contributed by atoms with Gasteiger partial charge in [-0.25, -0.2) is 0 Å². The fraction of sp³-hybridized carbons (Fsp3) is 0.545. The average molecular weight is 233 g/mol. The van der Waals surface area contributed by atoms with E-state index in [-0.39, 0.29) is 5.91 Å². The number of fused-ring (bicyclic) bond motifs is 1. The second kappa shape index (κ2) is 3.87. The molecule has 1 unspecified atom stereocenters. The van der Waals surface area contributed by atoms with Gasteiger partial charge in [0.25, 0.3) is 0 Å². The molecular formula is C11H15N5O. The molecule has 0 radical (unpaired) electrons. The van der Waals surface area contributed by atoms with Gasteiger partial charge in [0.15, 0.2) is 5.82 Å². The maximum atomic E-state index is 11.6. The minimum Gasteiger partial charge on any atom is -0.382 e. The summed E-state index contributed by atoms with van der Waals surface area (Å²) in [5.41, 5.74) is 5.51. The van der Waals surface area contributed by atoms with Crippen molar-refractivity contribution in [3.8, 4) is 0 Å². The fourth-order valence-electron chi connectivity index (χ4n) is 2.58. The van der Waals surface area contributed by atoms with Crippen molar-refractivity contribution in [2.75, 3.05) is 30.3 Å². The molecule has 0 aliphatic carbocycles. The van der Waals surface area contributed by atoms with Gasteiger partial charge in [-0.3, -0.25) is 4.79 Å². The number of amides is 1. The molecule has 17 heavy (non-hydrogen) atoms. The van der Waals surface area contributed by atoms with Gasteiger partial charge in [0.05, 0.1) is 0 Å². The van der Waals surface area contributed by atoms with Gasteiger partial charge in [0.1, 0.15) is 5.82 Å². The Kier molecular flexibility index (Phi) is 2.35. The van der Waals surface area contributed by atoms with Gasteiger partial charge in [-0.1, -0.05) is 0 Å². The number of aromatic nitrogens is 2. The van der Waals surface area contributed by atoms with Crippen LogP contribution in [-0.4, -0.2) is 46.7 Å². The molecule has 0 bridgehead atoms. The smallest absolute Gasteiger partial charge is 0.223 e. The topological polar surface area (TPSA) is 75.3 Å². The van der Waals surface area contributed by atoms with Crippen LogP contribution < -0.4 is 10.6 Å². The zero-order valence-corrected chi connectivity index (χ0v) is 9.54. The fourth-order valence-corrected chi connectivity index (χ4v) is 2.58. The Labute approximate surface area is 99.4 Å². The molecule has 0 saturated carbocycles. The second-order valence-electron chi connectivity index (χ2n) is 4.54. The molecule has 2 aliphatic rings. The van der Waals surface area contributed by atoms with E-state index in [2.05, 4.69) is 15.1 Å². The lowest BCUT2D eigenvalue weighted by atomic mass is 10.1. The van der Waals surface area contributed by atoms with E-state index in [0.29, 0.717) is 18.3 Å².